The zero-order valence-electron chi connectivity index (χ0n) is 12.4. The van der Waals surface area contributed by atoms with Gasteiger partial charge in [-0.25, -0.2) is 4.39 Å². The molecule has 2 aromatic rings. The molecule has 2 heterocycles. The van der Waals surface area contributed by atoms with Crippen molar-refractivity contribution in [3.8, 4) is 0 Å². The van der Waals surface area contributed by atoms with E-state index in [0.29, 0.717) is 25.2 Å². The summed E-state index contributed by atoms with van der Waals surface area (Å²) < 4.78 is 13.9. The van der Waals surface area contributed by atoms with Crippen molar-refractivity contribution in [1.82, 2.24) is 9.88 Å². The fraction of sp³-hybridized carbons (Fsp3) is 0.294. The molecule has 0 saturated carbocycles. The van der Waals surface area contributed by atoms with Crippen molar-refractivity contribution in [2.75, 3.05) is 18.5 Å². The van der Waals surface area contributed by atoms with E-state index in [1.165, 1.54) is 11.0 Å². The molecule has 0 aliphatic carbocycles. The van der Waals surface area contributed by atoms with Crippen molar-refractivity contribution < 1.29 is 9.18 Å². The minimum Gasteiger partial charge on any atom is -0.308 e. The number of likely N-dealkylation sites (N-methyl/N-ethyl adjacent to an activating group) is 1. The highest BCUT2D eigenvalue weighted by Crippen LogP contribution is 2.26. The Morgan fingerprint density at radius 3 is 2.77 bits per heavy atom. The van der Waals surface area contributed by atoms with E-state index < -0.39 is 0 Å². The van der Waals surface area contributed by atoms with Crippen LogP contribution in [0.1, 0.15) is 12.1 Å². The molecule has 5 heteroatoms. The van der Waals surface area contributed by atoms with Crippen molar-refractivity contribution in [2.45, 2.75) is 19.0 Å². The smallest absolute Gasteiger partial charge is 0.244 e. The van der Waals surface area contributed by atoms with Crippen LogP contribution in [0.2, 0.25) is 0 Å². The van der Waals surface area contributed by atoms with Crippen molar-refractivity contribution in [3.05, 3.63) is 60.2 Å². The van der Waals surface area contributed by atoms with E-state index >= 15 is 0 Å². The predicted molar refractivity (Wildman–Crippen MR) is 82.9 cm³/mol. The Labute approximate surface area is 129 Å². The van der Waals surface area contributed by atoms with Crippen LogP contribution in [0.3, 0.4) is 0 Å². The van der Waals surface area contributed by atoms with Gasteiger partial charge in [0.15, 0.2) is 0 Å². The van der Waals surface area contributed by atoms with Crippen LogP contribution in [0.25, 0.3) is 0 Å². The lowest BCUT2D eigenvalue weighted by molar-refractivity contribution is -0.121. The van der Waals surface area contributed by atoms with Gasteiger partial charge in [-0.15, -0.1) is 0 Å². The first-order valence-corrected chi connectivity index (χ1v) is 7.33. The number of aromatic nitrogens is 1. The van der Waals surface area contributed by atoms with E-state index in [9.17, 15) is 9.18 Å². The molecule has 1 fully saturated rings. The van der Waals surface area contributed by atoms with E-state index in [1.807, 2.05) is 30.1 Å². The number of halogens is 1. The highest BCUT2D eigenvalue weighted by Gasteiger charge is 2.36. The van der Waals surface area contributed by atoms with Crippen LogP contribution < -0.4 is 4.90 Å². The number of para-hydroxylation sites is 1. The molecule has 1 aliphatic heterocycles. The van der Waals surface area contributed by atoms with Gasteiger partial charge < -0.3 is 4.90 Å². The van der Waals surface area contributed by atoms with Crippen molar-refractivity contribution in [3.63, 3.8) is 0 Å². The minimum atomic E-state index is -0.358. The van der Waals surface area contributed by atoms with Gasteiger partial charge in [0.05, 0.1) is 17.4 Å². The Bertz CT molecular complexity index is 662. The Morgan fingerprint density at radius 1 is 1.27 bits per heavy atom. The molecule has 0 bridgehead atoms. The maximum atomic E-state index is 13.9. The van der Waals surface area contributed by atoms with Crippen LogP contribution in [0, 0.1) is 5.82 Å². The molecule has 0 N–H and O–H groups in total. The van der Waals surface area contributed by atoms with Crippen LogP contribution in [0.15, 0.2) is 48.7 Å². The van der Waals surface area contributed by atoms with Crippen LogP contribution in [0.5, 0.6) is 0 Å². The fourth-order valence-electron chi connectivity index (χ4n) is 2.84. The molecule has 1 aromatic heterocycles. The van der Waals surface area contributed by atoms with Gasteiger partial charge in [0.2, 0.25) is 5.91 Å². The molecule has 0 spiro atoms. The van der Waals surface area contributed by atoms with Gasteiger partial charge in [-0.3, -0.25) is 14.7 Å². The summed E-state index contributed by atoms with van der Waals surface area (Å²) in [4.78, 5) is 20.4. The van der Waals surface area contributed by atoms with Crippen LogP contribution >= 0.6 is 0 Å². The quantitative estimate of drug-likeness (QED) is 0.870. The first-order chi connectivity index (χ1) is 10.7. The molecule has 1 amide bonds. The van der Waals surface area contributed by atoms with Crippen LogP contribution in [0.4, 0.5) is 10.1 Å². The zero-order valence-corrected chi connectivity index (χ0v) is 12.4. The molecule has 1 atom stereocenters. The third kappa shape index (κ3) is 2.85. The molecule has 3 rings (SSSR count). The monoisotopic (exact) mass is 299 g/mol. The van der Waals surface area contributed by atoms with Crippen molar-refractivity contribution in [1.29, 1.82) is 0 Å². The van der Waals surface area contributed by atoms with E-state index in [4.69, 9.17) is 0 Å². The van der Waals surface area contributed by atoms with Gasteiger partial charge in [0.25, 0.3) is 0 Å². The minimum absolute atomic E-state index is 0.0523. The van der Waals surface area contributed by atoms with Gasteiger partial charge in [-0.2, -0.15) is 0 Å². The third-order valence-electron chi connectivity index (χ3n) is 3.99. The average molecular weight is 299 g/mol. The summed E-state index contributed by atoms with van der Waals surface area (Å²) in [5.74, 6) is -0.410. The van der Waals surface area contributed by atoms with Crippen LogP contribution in [-0.4, -0.2) is 35.4 Å². The average Bonchev–Trinajstić information content (AvgIpc) is 2.90. The van der Waals surface area contributed by atoms with Crippen molar-refractivity contribution >= 4 is 11.6 Å². The first-order valence-electron chi connectivity index (χ1n) is 7.33. The topological polar surface area (TPSA) is 36.4 Å². The summed E-state index contributed by atoms with van der Waals surface area (Å²) >= 11 is 0. The number of benzene rings is 1. The van der Waals surface area contributed by atoms with E-state index in [0.717, 1.165) is 5.69 Å². The number of hydrogen-bond acceptors (Lipinski definition) is 3. The molecule has 1 saturated heterocycles. The molecule has 1 aliphatic rings. The van der Waals surface area contributed by atoms with Crippen molar-refractivity contribution in [2.24, 2.45) is 0 Å². The lowest BCUT2D eigenvalue weighted by atomic mass is 10.2. The summed E-state index contributed by atoms with van der Waals surface area (Å²) in [5.41, 5.74) is 1.28. The maximum Gasteiger partial charge on any atom is 0.244 e. The van der Waals surface area contributed by atoms with E-state index in [1.54, 1.807) is 24.4 Å². The second-order valence-corrected chi connectivity index (χ2v) is 5.48. The third-order valence-corrected chi connectivity index (χ3v) is 3.99. The van der Waals surface area contributed by atoms with E-state index in [2.05, 4.69) is 4.98 Å². The largest absolute Gasteiger partial charge is 0.308 e. The highest BCUT2D eigenvalue weighted by atomic mass is 19.1. The fourth-order valence-corrected chi connectivity index (χ4v) is 2.84. The van der Waals surface area contributed by atoms with Gasteiger partial charge in [-0.05, 0) is 37.7 Å². The van der Waals surface area contributed by atoms with E-state index in [-0.39, 0.29) is 17.8 Å². The van der Waals surface area contributed by atoms with Gasteiger partial charge >= 0.3 is 0 Å². The molecule has 4 nitrogen and oxygen atoms in total. The summed E-state index contributed by atoms with van der Waals surface area (Å²) in [6, 6.07) is 11.9. The Kier molecular flexibility index (Phi) is 4.15. The number of rotatable bonds is 4. The lowest BCUT2D eigenvalue weighted by Crippen LogP contribution is -2.39. The second kappa shape index (κ2) is 6.23. The summed E-state index contributed by atoms with van der Waals surface area (Å²) in [6.07, 6.45) is 2.43. The number of hydrogen-bond donors (Lipinski definition) is 0. The Balaban J connectivity index is 1.72. The number of pyridine rings is 1. The number of nitrogens with zero attached hydrogens (tertiary/aromatic N) is 3. The number of anilines is 1. The molecular formula is C17H18FN3O. The number of carbonyl (C=O) groups is 1. The lowest BCUT2D eigenvalue weighted by Gasteiger charge is -2.23. The predicted octanol–water partition coefficient (Wildman–Crippen LogP) is 2.46. The highest BCUT2D eigenvalue weighted by molar-refractivity contribution is 5.99. The van der Waals surface area contributed by atoms with Gasteiger partial charge in [-0.1, -0.05) is 18.2 Å². The Morgan fingerprint density at radius 2 is 2.05 bits per heavy atom. The molecule has 0 radical (unpaired) electrons. The molecule has 0 unspecified atom stereocenters. The SMILES string of the molecule is CN(Cc1ccccn1)[C@@H]1CCN(c2ccccc2F)C1=O. The second-order valence-electron chi connectivity index (χ2n) is 5.48. The normalized spacial score (nSPS) is 18.2. The standard InChI is InChI=1S/C17H18FN3O/c1-20(12-13-6-4-5-10-19-13)16-9-11-21(17(16)22)15-8-3-2-7-14(15)18/h2-8,10,16H,9,11-12H2,1H3/t16-/m1/s1. The first kappa shape index (κ1) is 14.7. The molecular weight excluding hydrogens is 281 g/mol. The number of amides is 1. The summed E-state index contributed by atoms with van der Waals surface area (Å²) in [5, 5.41) is 0. The molecule has 1 aromatic carbocycles. The van der Waals surface area contributed by atoms with Gasteiger partial charge in [0, 0.05) is 19.3 Å². The molecule has 22 heavy (non-hydrogen) atoms. The maximum absolute atomic E-state index is 13.9. The Hall–Kier alpha value is -2.27. The summed E-state index contributed by atoms with van der Waals surface area (Å²) in [7, 11) is 1.90. The van der Waals surface area contributed by atoms with Crippen LogP contribution in [-0.2, 0) is 11.3 Å². The van der Waals surface area contributed by atoms with Gasteiger partial charge in [0.1, 0.15) is 5.82 Å². The zero-order chi connectivity index (χ0) is 15.5. The molecule has 114 valence electrons. The number of carbonyl (C=O) groups excluding carboxylic acids is 1. The summed E-state index contributed by atoms with van der Waals surface area (Å²) in [6.45, 7) is 1.14.